The van der Waals surface area contributed by atoms with E-state index < -0.39 is 9.84 Å². The van der Waals surface area contributed by atoms with Crippen LogP contribution in [0.4, 0.5) is 5.69 Å². The lowest BCUT2D eigenvalue weighted by atomic mass is 10.1. The van der Waals surface area contributed by atoms with Crippen LogP contribution in [-0.2, 0) is 9.84 Å². The minimum atomic E-state index is -3.19. The van der Waals surface area contributed by atoms with Gasteiger partial charge in [-0.3, -0.25) is 0 Å². The largest absolute Gasteiger partial charge is 0.367 e. The van der Waals surface area contributed by atoms with Crippen LogP contribution in [0.5, 0.6) is 0 Å². The minimum Gasteiger partial charge on any atom is -0.367 e. The number of halogens is 1. The van der Waals surface area contributed by atoms with Crippen LogP contribution in [0.15, 0.2) is 29.2 Å². The first-order valence-electron chi connectivity index (χ1n) is 7.74. The maximum absolute atomic E-state index is 12.5. The summed E-state index contributed by atoms with van der Waals surface area (Å²) in [6.45, 7) is 2.85. The lowest BCUT2D eigenvalue weighted by Gasteiger charge is -2.32. The molecule has 0 N–H and O–H groups in total. The van der Waals surface area contributed by atoms with Gasteiger partial charge in [-0.1, -0.05) is 47.8 Å². The van der Waals surface area contributed by atoms with Gasteiger partial charge in [0.2, 0.25) is 0 Å². The molecule has 1 atom stereocenters. The van der Waals surface area contributed by atoms with Gasteiger partial charge >= 0.3 is 0 Å². The third kappa shape index (κ3) is 4.01. The van der Waals surface area contributed by atoms with Crippen LogP contribution in [0.25, 0.3) is 0 Å². The Balaban J connectivity index is 2.43. The molecule has 1 fully saturated rings. The van der Waals surface area contributed by atoms with E-state index in [0.29, 0.717) is 17.4 Å². The monoisotopic (exact) mass is 373 g/mol. The van der Waals surface area contributed by atoms with Gasteiger partial charge in [-0.2, -0.15) is 0 Å². The van der Waals surface area contributed by atoms with Gasteiger partial charge in [-0.05, 0) is 31.4 Å². The summed E-state index contributed by atoms with van der Waals surface area (Å²) < 4.78 is 25.1. The molecule has 0 radical (unpaired) electrons. The number of nitrogens with zero attached hydrogens (tertiary/aromatic N) is 1. The summed E-state index contributed by atoms with van der Waals surface area (Å²) >= 11 is 3.60. The van der Waals surface area contributed by atoms with Crippen molar-refractivity contribution in [3.05, 3.63) is 24.3 Å². The molecule has 1 heterocycles. The Morgan fingerprint density at radius 2 is 2.00 bits per heavy atom. The fraction of sp³-hybridized carbons (Fsp3) is 0.625. The molecule has 0 spiro atoms. The van der Waals surface area contributed by atoms with E-state index in [-0.39, 0.29) is 5.75 Å². The second-order valence-electron chi connectivity index (χ2n) is 5.64. The Bertz CT molecular complexity index is 559. The molecule has 1 aromatic carbocycles. The number of hydrogen-bond donors (Lipinski definition) is 0. The third-order valence-electron chi connectivity index (χ3n) is 4.04. The summed E-state index contributed by atoms with van der Waals surface area (Å²) in [5.41, 5.74) is 0.886. The molecule has 3 nitrogen and oxygen atoms in total. The van der Waals surface area contributed by atoms with Crippen LogP contribution in [0.2, 0.25) is 0 Å². The van der Waals surface area contributed by atoms with Crippen LogP contribution in [0.1, 0.15) is 39.0 Å². The van der Waals surface area contributed by atoms with Crippen molar-refractivity contribution in [2.45, 2.75) is 50.0 Å². The van der Waals surface area contributed by atoms with Crippen molar-refractivity contribution in [2.24, 2.45) is 0 Å². The van der Waals surface area contributed by atoms with Crippen molar-refractivity contribution in [3.63, 3.8) is 0 Å². The van der Waals surface area contributed by atoms with E-state index in [1.807, 2.05) is 25.1 Å². The first-order valence-corrected chi connectivity index (χ1v) is 10.5. The maximum atomic E-state index is 12.5. The highest BCUT2D eigenvalue weighted by Gasteiger charge is 2.26. The number of hydrogen-bond acceptors (Lipinski definition) is 3. The summed E-state index contributed by atoms with van der Waals surface area (Å²) in [5.74, 6) is 0.219. The molecule has 2 rings (SSSR count). The van der Waals surface area contributed by atoms with E-state index in [2.05, 4.69) is 20.8 Å². The van der Waals surface area contributed by atoms with Crippen molar-refractivity contribution < 1.29 is 8.42 Å². The molecule has 5 heteroatoms. The number of alkyl halides is 1. The number of benzene rings is 1. The van der Waals surface area contributed by atoms with E-state index >= 15 is 0 Å². The highest BCUT2D eigenvalue weighted by molar-refractivity contribution is 9.09. The number of sulfone groups is 1. The van der Waals surface area contributed by atoms with Crippen LogP contribution < -0.4 is 4.90 Å². The quantitative estimate of drug-likeness (QED) is 0.731. The number of anilines is 1. The van der Waals surface area contributed by atoms with Crippen LogP contribution in [0, 0.1) is 0 Å². The van der Waals surface area contributed by atoms with Crippen molar-refractivity contribution in [1.82, 2.24) is 0 Å². The lowest BCUT2D eigenvalue weighted by Crippen LogP contribution is -2.37. The molecule has 0 aliphatic carbocycles. The molecule has 0 saturated carbocycles. The van der Waals surface area contributed by atoms with E-state index in [1.165, 1.54) is 12.8 Å². The van der Waals surface area contributed by atoms with Crippen molar-refractivity contribution in [2.75, 3.05) is 22.5 Å². The third-order valence-corrected chi connectivity index (χ3v) is 6.75. The van der Waals surface area contributed by atoms with Gasteiger partial charge in [-0.25, -0.2) is 8.42 Å². The van der Waals surface area contributed by atoms with Crippen LogP contribution in [0.3, 0.4) is 0 Å². The first-order chi connectivity index (χ1) is 10.1. The summed E-state index contributed by atoms with van der Waals surface area (Å²) in [7, 11) is -3.19. The Hall–Kier alpha value is -0.550. The highest BCUT2D eigenvalue weighted by atomic mass is 79.9. The summed E-state index contributed by atoms with van der Waals surface area (Å²) in [6.07, 6.45) is 5.35. The van der Waals surface area contributed by atoms with Gasteiger partial charge in [0.05, 0.1) is 16.3 Å². The molecule has 118 valence electrons. The predicted molar refractivity (Wildman–Crippen MR) is 92.2 cm³/mol. The average molecular weight is 374 g/mol. The second kappa shape index (κ2) is 7.63. The standard InChI is InChI=1S/C16H24BrNO2S/c1-2-12-21(19,20)16-10-6-5-9-15(16)18-11-7-3-4-8-14(18)13-17/h5-6,9-10,14H,2-4,7-8,11-13H2,1H3. The average Bonchev–Trinajstić information content (AvgIpc) is 2.72. The van der Waals surface area contributed by atoms with Gasteiger partial charge in [0.1, 0.15) is 0 Å². The Morgan fingerprint density at radius 1 is 1.24 bits per heavy atom. The molecule has 0 amide bonds. The Morgan fingerprint density at radius 3 is 2.71 bits per heavy atom. The smallest absolute Gasteiger partial charge is 0.180 e. The lowest BCUT2D eigenvalue weighted by molar-refractivity contribution is 0.591. The van der Waals surface area contributed by atoms with Gasteiger partial charge in [0, 0.05) is 17.9 Å². The summed E-state index contributed by atoms with van der Waals surface area (Å²) in [5, 5.41) is 0.884. The van der Waals surface area contributed by atoms with E-state index in [1.54, 1.807) is 6.07 Å². The zero-order valence-corrected chi connectivity index (χ0v) is 15.0. The van der Waals surface area contributed by atoms with Crippen molar-refractivity contribution in [1.29, 1.82) is 0 Å². The fourth-order valence-electron chi connectivity index (χ4n) is 2.99. The SMILES string of the molecule is CCCS(=O)(=O)c1ccccc1N1CCCCCC1CBr. The molecule has 1 aliphatic heterocycles. The molecule has 1 unspecified atom stereocenters. The topological polar surface area (TPSA) is 37.4 Å². The van der Waals surface area contributed by atoms with E-state index in [9.17, 15) is 8.42 Å². The van der Waals surface area contributed by atoms with E-state index in [4.69, 9.17) is 0 Å². The number of rotatable bonds is 5. The number of para-hydroxylation sites is 1. The molecular formula is C16H24BrNO2S. The summed E-state index contributed by atoms with van der Waals surface area (Å²) in [4.78, 5) is 2.80. The molecule has 1 aromatic rings. The van der Waals surface area contributed by atoms with Crippen molar-refractivity contribution >= 4 is 31.5 Å². The zero-order valence-electron chi connectivity index (χ0n) is 12.6. The molecular weight excluding hydrogens is 350 g/mol. The molecule has 21 heavy (non-hydrogen) atoms. The van der Waals surface area contributed by atoms with Gasteiger partial charge in [0.15, 0.2) is 9.84 Å². The van der Waals surface area contributed by atoms with E-state index in [0.717, 1.165) is 30.4 Å². The first kappa shape index (κ1) is 16.8. The minimum absolute atomic E-state index is 0.219. The normalized spacial score (nSPS) is 20.3. The second-order valence-corrected chi connectivity index (χ2v) is 8.36. The zero-order chi connectivity index (χ0) is 15.3. The van der Waals surface area contributed by atoms with Gasteiger partial charge < -0.3 is 4.90 Å². The van der Waals surface area contributed by atoms with Crippen molar-refractivity contribution in [3.8, 4) is 0 Å². The Labute approximate surface area is 136 Å². The molecule has 1 saturated heterocycles. The Kier molecular flexibility index (Phi) is 6.11. The van der Waals surface area contributed by atoms with Gasteiger partial charge in [0.25, 0.3) is 0 Å². The van der Waals surface area contributed by atoms with Crippen LogP contribution in [-0.4, -0.2) is 32.1 Å². The predicted octanol–water partition coefficient (Wildman–Crippen LogP) is 4.01. The van der Waals surface area contributed by atoms with Gasteiger partial charge in [-0.15, -0.1) is 0 Å². The summed E-state index contributed by atoms with van der Waals surface area (Å²) in [6, 6.07) is 7.87. The molecule has 0 aromatic heterocycles. The molecule has 1 aliphatic rings. The maximum Gasteiger partial charge on any atom is 0.180 e. The molecule has 0 bridgehead atoms. The van der Waals surface area contributed by atoms with Crippen LogP contribution >= 0.6 is 15.9 Å². The highest BCUT2D eigenvalue weighted by Crippen LogP contribution is 2.31. The fourth-order valence-corrected chi connectivity index (χ4v) is 5.21.